The van der Waals surface area contributed by atoms with Crippen molar-refractivity contribution in [3.63, 3.8) is 0 Å². The summed E-state index contributed by atoms with van der Waals surface area (Å²) in [5.41, 5.74) is 0. The average molecular weight is 294 g/mol. The molecule has 0 amide bonds. The van der Waals surface area contributed by atoms with Gasteiger partial charge in [-0.05, 0) is 30.9 Å². The summed E-state index contributed by atoms with van der Waals surface area (Å²) < 4.78 is 11.9. The maximum atomic E-state index is 6.15. The largest absolute Gasteiger partial charge is 0.493 e. The van der Waals surface area contributed by atoms with Gasteiger partial charge in [0.05, 0.1) is 13.2 Å². The smallest absolute Gasteiger partial charge is 0.135 e. The molecule has 0 unspecified atom stereocenters. The van der Waals surface area contributed by atoms with Gasteiger partial charge >= 0.3 is 0 Å². The van der Waals surface area contributed by atoms with Gasteiger partial charge in [-0.2, -0.15) is 0 Å². The summed E-state index contributed by atoms with van der Waals surface area (Å²) >= 11 is 0. The van der Waals surface area contributed by atoms with Gasteiger partial charge in [0, 0.05) is 16.2 Å². The standard InChI is InChI=1S/C20H22O2/c1-3-5-13-22-20-16-10-7-6-9-15(16)14-18-17(20)11-8-12-19(18)21-4-2/h6-12,14H,3-5,13H2,1-2H3. The summed E-state index contributed by atoms with van der Waals surface area (Å²) in [4.78, 5) is 0. The van der Waals surface area contributed by atoms with E-state index in [9.17, 15) is 0 Å². The number of rotatable bonds is 6. The van der Waals surface area contributed by atoms with Gasteiger partial charge < -0.3 is 9.47 Å². The fraction of sp³-hybridized carbons (Fsp3) is 0.300. The van der Waals surface area contributed by atoms with Crippen LogP contribution in [0.25, 0.3) is 21.5 Å². The molecule has 0 saturated heterocycles. The zero-order valence-electron chi connectivity index (χ0n) is 13.3. The first-order valence-corrected chi connectivity index (χ1v) is 8.05. The van der Waals surface area contributed by atoms with Crippen molar-refractivity contribution in [1.82, 2.24) is 0 Å². The van der Waals surface area contributed by atoms with Gasteiger partial charge in [0.2, 0.25) is 0 Å². The molecule has 0 aliphatic carbocycles. The number of ether oxygens (including phenoxy) is 2. The first-order chi connectivity index (χ1) is 10.8. The molecule has 2 nitrogen and oxygen atoms in total. The van der Waals surface area contributed by atoms with E-state index in [0.717, 1.165) is 41.7 Å². The Labute approximate surface area is 131 Å². The first kappa shape index (κ1) is 14.7. The number of unbranched alkanes of at least 4 members (excludes halogenated alkanes) is 1. The fourth-order valence-electron chi connectivity index (χ4n) is 2.78. The lowest BCUT2D eigenvalue weighted by Crippen LogP contribution is -1.99. The molecule has 0 bridgehead atoms. The lowest BCUT2D eigenvalue weighted by atomic mass is 10.0. The van der Waals surface area contributed by atoms with Crippen LogP contribution in [0.4, 0.5) is 0 Å². The minimum Gasteiger partial charge on any atom is -0.493 e. The van der Waals surface area contributed by atoms with Gasteiger partial charge in [-0.15, -0.1) is 0 Å². The van der Waals surface area contributed by atoms with Crippen molar-refractivity contribution in [2.75, 3.05) is 13.2 Å². The zero-order chi connectivity index (χ0) is 15.4. The molecule has 0 aliphatic heterocycles. The summed E-state index contributed by atoms with van der Waals surface area (Å²) in [6.45, 7) is 5.60. The van der Waals surface area contributed by atoms with Gasteiger partial charge in [0.1, 0.15) is 11.5 Å². The van der Waals surface area contributed by atoms with Gasteiger partial charge in [-0.25, -0.2) is 0 Å². The van der Waals surface area contributed by atoms with Crippen LogP contribution in [0.5, 0.6) is 11.5 Å². The topological polar surface area (TPSA) is 18.5 Å². The quantitative estimate of drug-likeness (QED) is 0.437. The molecule has 3 rings (SSSR count). The Kier molecular flexibility index (Phi) is 4.47. The van der Waals surface area contributed by atoms with E-state index in [2.05, 4.69) is 43.3 Å². The van der Waals surface area contributed by atoms with Crippen molar-refractivity contribution in [3.05, 3.63) is 48.5 Å². The molecule has 0 heterocycles. The number of hydrogen-bond acceptors (Lipinski definition) is 2. The molecule has 0 radical (unpaired) electrons. The molecule has 22 heavy (non-hydrogen) atoms. The number of fused-ring (bicyclic) bond motifs is 2. The third kappa shape index (κ3) is 2.74. The minimum atomic E-state index is 0.665. The van der Waals surface area contributed by atoms with Crippen LogP contribution in [0, 0.1) is 0 Å². The highest BCUT2D eigenvalue weighted by atomic mass is 16.5. The van der Waals surface area contributed by atoms with Gasteiger partial charge in [0.15, 0.2) is 0 Å². The predicted molar refractivity (Wildman–Crippen MR) is 93.0 cm³/mol. The third-order valence-electron chi connectivity index (χ3n) is 3.86. The van der Waals surface area contributed by atoms with E-state index in [1.165, 1.54) is 10.8 Å². The Morgan fingerprint density at radius 1 is 0.818 bits per heavy atom. The second-order valence-electron chi connectivity index (χ2n) is 5.41. The van der Waals surface area contributed by atoms with Crippen LogP contribution >= 0.6 is 0 Å². The Morgan fingerprint density at radius 3 is 2.45 bits per heavy atom. The van der Waals surface area contributed by atoms with E-state index in [1.807, 2.05) is 19.1 Å². The maximum Gasteiger partial charge on any atom is 0.135 e. The molecule has 0 saturated carbocycles. The molecule has 0 atom stereocenters. The van der Waals surface area contributed by atoms with E-state index in [0.29, 0.717) is 6.61 Å². The van der Waals surface area contributed by atoms with Crippen LogP contribution in [-0.4, -0.2) is 13.2 Å². The van der Waals surface area contributed by atoms with Gasteiger partial charge in [-0.1, -0.05) is 49.7 Å². The minimum absolute atomic E-state index is 0.665. The van der Waals surface area contributed by atoms with Crippen molar-refractivity contribution in [3.8, 4) is 11.5 Å². The van der Waals surface area contributed by atoms with Crippen molar-refractivity contribution in [1.29, 1.82) is 0 Å². The fourth-order valence-corrected chi connectivity index (χ4v) is 2.78. The SMILES string of the molecule is CCCCOc1c2ccccc2cc2c(OCC)cccc12. The molecule has 3 aromatic rings. The molecule has 0 N–H and O–H groups in total. The first-order valence-electron chi connectivity index (χ1n) is 8.05. The van der Waals surface area contributed by atoms with Crippen LogP contribution in [-0.2, 0) is 0 Å². The zero-order valence-corrected chi connectivity index (χ0v) is 13.3. The summed E-state index contributed by atoms with van der Waals surface area (Å²) in [5, 5.41) is 4.60. The summed E-state index contributed by atoms with van der Waals surface area (Å²) in [7, 11) is 0. The third-order valence-corrected chi connectivity index (χ3v) is 3.86. The van der Waals surface area contributed by atoms with E-state index in [-0.39, 0.29) is 0 Å². The second-order valence-corrected chi connectivity index (χ2v) is 5.41. The molecule has 114 valence electrons. The monoisotopic (exact) mass is 294 g/mol. The van der Waals surface area contributed by atoms with Crippen LogP contribution in [0.2, 0.25) is 0 Å². The van der Waals surface area contributed by atoms with Crippen molar-refractivity contribution >= 4 is 21.5 Å². The second kappa shape index (κ2) is 6.69. The van der Waals surface area contributed by atoms with Gasteiger partial charge in [0.25, 0.3) is 0 Å². The molecule has 2 heteroatoms. The Morgan fingerprint density at radius 2 is 1.64 bits per heavy atom. The molecule has 0 fully saturated rings. The van der Waals surface area contributed by atoms with Crippen molar-refractivity contribution in [2.24, 2.45) is 0 Å². The Bertz CT molecular complexity index is 777. The molecule has 0 spiro atoms. The summed E-state index contributed by atoms with van der Waals surface area (Å²) in [6.07, 6.45) is 2.20. The summed E-state index contributed by atoms with van der Waals surface area (Å²) in [5.74, 6) is 1.90. The molecular formula is C20H22O2. The normalized spacial score (nSPS) is 11.0. The van der Waals surface area contributed by atoms with Crippen molar-refractivity contribution < 1.29 is 9.47 Å². The highest BCUT2D eigenvalue weighted by molar-refractivity contribution is 6.07. The van der Waals surface area contributed by atoms with E-state index < -0.39 is 0 Å². The van der Waals surface area contributed by atoms with Crippen LogP contribution in [0.3, 0.4) is 0 Å². The van der Waals surface area contributed by atoms with E-state index in [4.69, 9.17) is 9.47 Å². The van der Waals surface area contributed by atoms with Gasteiger partial charge in [-0.3, -0.25) is 0 Å². The maximum absolute atomic E-state index is 6.15. The van der Waals surface area contributed by atoms with Crippen LogP contribution < -0.4 is 9.47 Å². The Hall–Kier alpha value is -2.22. The van der Waals surface area contributed by atoms with E-state index in [1.54, 1.807) is 0 Å². The Balaban J connectivity index is 2.23. The number of hydrogen-bond donors (Lipinski definition) is 0. The number of benzene rings is 3. The van der Waals surface area contributed by atoms with Crippen molar-refractivity contribution in [2.45, 2.75) is 26.7 Å². The summed E-state index contributed by atoms with van der Waals surface area (Å²) in [6, 6.07) is 16.8. The lowest BCUT2D eigenvalue weighted by Gasteiger charge is -2.15. The molecule has 3 aromatic carbocycles. The average Bonchev–Trinajstić information content (AvgIpc) is 2.55. The van der Waals surface area contributed by atoms with Crippen LogP contribution in [0.15, 0.2) is 48.5 Å². The van der Waals surface area contributed by atoms with E-state index >= 15 is 0 Å². The predicted octanol–water partition coefficient (Wildman–Crippen LogP) is 5.57. The highest BCUT2D eigenvalue weighted by Gasteiger charge is 2.11. The molecule has 0 aliphatic rings. The molecule has 0 aromatic heterocycles. The molecular weight excluding hydrogens is 272 g/mol. The highest BCUT2D eigenvalue weighted by Crippen LogP contribution is 2.38. The lowest BCUT2D eigenvalue weighted by molar-refractivity contribution is 0.316. The van der Waals surface area contributed by atoms with Crippen LogP contribution in [0.1, 0.15) is 26.7 Å².